The summed E-state index contributed by atoms with van der Waals surface area (Å²) in [5, 5.41) is 0. The largest absolute Gasteiger partial charge is 0.368 e. The minimum atomic E-state index is 0.257. The molecule has 0 saturated carbocycles. The summed E-state index contributed by atoms with van der Waals surface area (Å²) >= 11 is 0. The van der Waals surface area contributed by atoms with Gasteiger partial charge in [0.15, 0.2) is 0 Å². The molecule has 64 valence electrons. The summed E-state index contributed by atoms with van der Waals surface area (Å²) in [4.78, 5) is 2.44. The number of allylic oxidation sites excluding steroid dienone is 1. The third kappa shape index (κ3) is 1.58. The smallest absolute Gasteiger partial charge is 0.0317 e. The molecule has 11 heavy (non-hydrogen) atoms. The molecule has 1 aliphatic heterocycles. The Kier molecular flexibility index (Phi) is 2.00. The van der Waals surface area contributed by atoms with Gasteiger partial charge in [0.25, 0.3) is 0 Å². The predicted octanol–water partition coefficient (Wildman–Crippen LogP) is 2.78. The fourth-order valence-electron chi connectivity index (χ4n) is 2.07. The fraction of sp³-hybridized carbons (Fsp3) is 0.800. The molecular formula is C10H19N. The van der Waals surface area contributed by atoms with Crippen molar-refractivity contribution in [3.63, 3.8) is 0 Å². The van der Waals surface area contributed by atoms with Crippen LogP contribution in [0.25, 0.3) is 0 Å². The van der Waals surface area contributed by atoms with Crippen LogP contribution in [0.5, 0.6) is 0 Å². The first-order valence-corrected chi connectivity index (χ1v) is 4.40. The molecule has 1 aliphatic rings. The van der Waals surface area contributed by atoms with Crippen molar-refractivity contribution in [2.45, 2.75) is 52.1 Å². The summed E-state index contributed by atoms with van der Waals surface area (Å²) in [5.74, 6) is 0. The number of hydrogen-bond acceptors (Lipinski definition) is 1. The Morgan fingerprint density at radius 3 is 2.18 bits per heavy atom. The first kappa shape index (κ1) is 8.63. The van der Waals surface area contributed by atoms with Crippen LogP contribution < -0.4 is 0 Å². The van der Waals surface area contributed by atoms with Crippen LogP contribution in [-0.2, 0) is 0 Å². The Hall–Kier alpha value is -0.460. The van der Waals surface area contributed by atoms with E-state index in [0.29, 0.717) is 6.04 Å². The van der Waals surface area contributed by atoms with Crippen molar-refractivity contribution in [3.8, 4) is 0 Å². The van der Waals surface area contributed by atoms with E-state index < -0.39 is 0 Å². The quantitative estimate of drug-likeness (QED) is 0.517. The van der Waals surface area contributed by atoms with Gasteiger partial charge in [-0.1, -0.05) is 6.58 Å². The topological polar surface area (TPSA) is 3.24 Å². The van der Waals surface area contributed by atoms with E-state index in [1.165, 1.54) is 18.5 Å². The normalized spacial score (nSPS) is 26.4. The average molecular weight is 153 g/mol. The van der Waals surface area contributed by atoms with E-state index in [2.05, 4.69) is 39.2 Å². The second kappa shape index (κ2) is 2.54. The Morgan fingerprint density at radius 1 is 1.45 bits per heavy atom. The molecule has 0 aromatic heterocycles. The molecule has 0 aromatic rings. The van der Waals surface area contributed by atoms with Gasteiger partial charge in [-0.2, -0.15) is 0 Å². The molecule has 1 nitrogen and oxygen atoms in total. The molecule has 0 aliphatic carbocycles. The Bertz CT molecular complexity index is 164. The second-order valence-electron chi connectivity index (χ2n) is 4.49. The van der Waals surface area contributed by atoms with Gasteiger partial charge in [-0.05, 0) is 40.5 Å². The highest BCUT2D eigenvalue weighted by molar-refractivity contribution is 5.07. The fourth-order valence-corrected chi connectivity index (χ4v) is 2.07. The summed E-state index contributed by atoms with van der Waals surface area (Å²) in [7, 11) is 0. The van der Waals surface area contributed by atoms with Gasteiger partial charge in [-0.3, -0.25) is 0 Å². The zero-order valence-corrected chi connectivity index (χ0v) is 8.15. The molecule has 1 heteroatoms. The second-order valence-corrected chi connectivity index (χ2v) is 4.49. The van der Waals surface area contributed by atoms with Crippen LogP contribution in [0.4, 0.5) is 0 Å². The maximum atomic E-state index is 4.08. The monoisotopic (exact) mass is 153 g/mol. The minimum Gasteiger partial charge on any atom is -0.368 e. The van der Waals surface area contributed by atoms with Gasteiger partial charge in [0.2, 0.25) is 0 Å². The molecule has 1 fully saturated rings. The first-order valence-electron chi connectivity index (χ1n) is 4.40. The molecule has 1 heterocycles. The molecule has 0 bridgehead atoms. The van der Waals surface area contributed by atoms with E-state index in [0.717, 1.165) is 0 Å². The zero-order valence-electron chi connectivity index (χ0n) is 8.15. The van der Waals surface area contributed by atoms with Crippen molar-refractivity contribution in [1.29, 1.82) is 0 Å². The standard InChI is InChI=1S/C10H19N/c1-8-6-7-9(2)11(8)10(3,4)5/h9H,1,6-7H2,2-5H3. The summed E-state index contributed by atoms with van der Waals surface area (Å²) in [6.07, 6.45) is 2.45. The summed E-state index contributed by atoms with van der Waals surface area (Å²) in [6, 6.07) is 0.683. The molecule has 0 spiro atoms. The van der Waals surface area contributed by atoms with Crippen LogP contribution in [0.2, 0.25) is 0 Å². The lowest BCUT2D eigenvalue weighted by Gasteiger charge is -2.38. The third-order valence-corrected chi connectivity index (χ3v) is 2.35. The molecule has 1 unspecified atom stereocenters. The van der Waals surface area contributed by atoms with Gasteiger partial charge in [0.1, 0.15) is 0 Å². The Balaban J connectivity index is 2.77. The van der Waals surface area contributed by atoms with E-state index in [4.69, 9.17) is 0 Å². The number of nitrogens with zero attached hydrogens (tertiary/aromatic N) is 1. The lowest BCUT2D eigenvalue weighted by molar-refractivity contribution is 0.164. The van der Waals surface area contributed by atoms with E-state index in [1.54, 1.807) is 0 Å². The van der Waals surface area contributed by atoms with Crippen molar-refractivity contribution in [2.75, 3.05) is 0 Å². The average Bonchev–Trinajstić information content (AvgIpc) is 2.08. The summed E-state index contributed by atoms with van der Waals surface area (Å²) < 4.78 is 0. The van der Waals surface area contributed by atoms with Crippen LogP contribution in [-0.4, -0.2) is 16.5 Å². The maximum absolute atomic E-state index is 4.08. The first-order chi connectivity index (χ1) is 4.93. The molecule has 0 N–H and O–H groups in total. The van der Waals surface area contributed by atoms with Crippen LogP contribution >= 0.6 is 0 Å². The number of rotatable bonds is 0. The SMILES string of the molecule is C=C1CCC(C)N1C(C)(C)C. The van der Waals surface area contributed by atoms with Crippen LogP contribution in [0.1, 0.15) is 40.5 Å². The van der Waals surface area contributed by atoms with Crippen LogP contribution in [0, 0.1) is 0 Å². The molecule has 0 amide bonds. The molecule has 0 radical (unpaired) electrons. The van der Waals surface area contributed by atoms with E-state index in [1.807, 2.05) is 0 Å². The minimum absolute atomic E-state index is 0.257. The van der Waals surface area contributed by atoms with Gasteiger partial charge < -0.3 is 4.90 Å². The molecule has 1 rings (SSSR count). The zero-order chi connectivity index (χ0) is 8.65. The van der Waals surface area contributed by atoms with Crippen molar-refractivity contribution < 1.29 is 0 Å². The van der Waals surface area contributed by atoms with Crippen molar-refractivity contribution in [3.05, 3.63) is 12.3 Å². The van der Waals surface area contributed by atoms with Gasteiger partial charge in [0.05, 0.1) is 0 Å². The van der Waals surface area contributed by atoms with Crippen LogP contribution in [0.3, 0.4) is 0 Å². The molecule has 0 aromatic carbocycles. The van der Waals surface area contributed by atoms with Gasteiger partial charge in [0, 0.05) is 17.3 Å². The Morgan fingerprint density at radius 2 is 2.00 bits per heavy atom. The van der Waals surface area contributed by atoms with Gasteiger partial charge in [-0.25, -0.2) is 0 Å². The molecular weight excluding hydrogens is 134 g/mol. The Labute approximate surface area is 70.1 Å². The van der Waals surface area contributed by atoms with E-state index in [9.17, 15) is 0 Å². The van der Waals surface area contributed by atoms with Crippen molar-refractivity contribution in [2.24, 2.45) is 0 Å². The van der Waals surface area contributed by atoms with Gasteiger partial charge in [-0.15, -0.1) is 0 Å². The number of likely N-dealkylation sites (tertiary alicyclic amines) is 1. The summed E-state index contributed by atoms with van der Waals surface area (Å²) in [6.45, 7) is 13.1. The van der Waals surface area contributed by atoms with Crippen molar-refractivity contribution in [1.82, 2.24) is 4.90 Å². The van der Waals surface area contributed by atoms with Crippen LogP contribution in [0.15, 0.2) is 12.3 Å². The number of hydrogen-bond donors (Lipinski definition) is 0. The van der Waals surface area contributed by atoms with E-state index in [-0.39, 0.29) is 5.54 Å². The predicted molar refractivity (Wildman–Crippen MR) is 49.4 cm³/mol. The lowest BCUT2D eigenvalue weighted by Crippen LogP contribution is -2.41. The highest BCUT2D eigenvalue weighted by Gasteiger charge is 2.31. The molecule has 1 saturated heterocycles. The van der Waals surface area contributed by atoms with Gasteiger partial charge >= 0.3 is 0 Å². The van der Waals surface area contributed by atoms with Crippen molar-refractivity contribution >= 4 is 0 Å². The van der Waals surface area contributed by atoms with E-state index >= 15 is 0 Å². The molecule has 1 atom stereocenters. The summed E-state index contributed by atoms with van der Waals surface area (Å²) in [5.41, 5.74) is 1.57. The maximum Gasteiger partial charge on any atom is 0.0317 e. The third-order valence-electron chi connectivity index (χ3n) is 2.35. The highest BCUT2D eigenvalue weighted by Crippen LogP contribution is 2.32. The lowest BCUT2D eigenvalue weighted by atomic mass is 10.1. The highest BCUT2D eigenvalue weighted by atomic mass is 15.2.